The molecular weight excluding hydrogens is 390 g/mol. The van der Waals surface area contributed by atoms with Gasteiger partial charge in [0.05, 0.1) is 13.7 Å². The summed E-state index contributed by atoms with van der Waals surface area (Å²) >= 11 is 0. The van der Waals surface area contributed by atoms with Gasteiger partial charge in [-0.1, -0.05) is 19.9 Å². The molecule has 1 aliphatic carbocycles. The number of rotatable bonds is 6. The van der Waals surface area contributed by atoms with E-state index < -0.39 is 0 Å². The van der Waals surface area contributed by atoms with E-state index in [-0.39, 0.29) is 12.5 Å². The van der Waals surface area contributed by atoms with Crippen molar-refractivity contribution < 1.29 is 14.3 Å². The Bertz CT molecular complexity index is 983. The maximum atomic E-state index is 11.0. The second-order valence-electron chi connectivity index (χ2n) is 8.50. The van der Waals surface area contributed by atoms with Gasteiger partial charge >= 0.3 is 5.97 Å². The Morgan fingerprint density at radius 2 is 2.00 bits per heavy atom. The molecule has 1 aromatic carbocycles. The molecule has 0 unspecified atom stereocenters. The highest BCUT2D eigenvalue weighted by Gasteiger charge is 2.28. The molecule has 168 valence electrons. The predicted molar refractivity (Wildman–Crippen MR) is 127 cm³/mol. The lowest BCUT2D eigenvalue weighted by Gasteiger charge is -2.34. The first-order valence-corrected chi connectivity index (χ1v) is 10.6. The van der Waals surface area contributed by atoms with E-state index in [0.717, 1.165) is 35.7 Å². The number of ether oxygens (including phenoxy) is 1. The number of carbonyl (C=O) groups is 2. The number of aromatic nitrogens is 1. The number of hydrogen-bond donors (Lipinski definition) is 3. The number of benzene rings is 1. The Balaban J connectivity index is 0.000000423. The molecule has 0 bridgehead atoms. The first-order chi connectivity index (χ1) is 14.8. The number of hydrogen-bond acceptors (Lipinski definition) is 5. The zero-order valence-corrected chi connectivity index (χ0v) is 19.5. The van der Waals surface area contributed by atoms with E-state index in [9.17, 15) is 9.59 Å². The van der Waals surface area contributed by atoms with Gasteiger partial charge in [-0.3, -0.25) is 9.59 Å². The molecule has 1 aromatic heterocycles. The molecule has 0 aliphatic heterocycles. The maximum Gasteiger partial charge on any atom is 0.319 e. The molecule has 6 heteroatoms. The van der Waals surface area contributed by atoms with Gasteiger partial charge in [0.15, 0.2) is 0 Å². The molecule has 0 fully saturated rings. The number of nitrogens with one attached hydrogen (secondary N) is 3. The van der Waals surface area contributed by atoms with Crippen LogP contribution in [0.5, 0.6) is 0 Å². The fourth-order valence-corrected chi connectivity index (χ4v) is 3.90. The molecule has 3 rings (SSSR count). The smallest absolute Gasteiger partial charge is 0.319 e. The third kappa shape index (κ3) is 6.31. The number of methoxy groups -OCH3 is 1. The topological polar surface area (TPSA) is 83.2 Å². The maximum absolute atomic E-state index is 11.0. The van der Waals surface area contributed by atoms with Crippen molar-refractivity contribution in [3.05, 3.63) is 52.9 Å². The number of aldehydes is 1. The molecule has 3 N–H and O–H groups in total. The molecule has 0 saturated carbocycles. The van der Waals surface area contributed by atoms with Crippen LogP contribution in [0.4, 0.5) is 0 Å². The summed E-state index contributed by atoms with van der Waals surface area (Å²) in [7, 11) is 5.07. The van der Waals surface area contributed by atoms with Crippen LogP contribution >= 0.6 is 0 Å². The van der Waals surface area contributed by atoms with Crippen molar-refractivity contribution in [1.82, 2.24) is 15.6 Å². The Hall–Kier alpha value is -2.86. The summed E-state index contributed by atoms with van der Waals surface area (Å²) in [4.78, 5) is 24.6. The summed E-state index contributed by atoms with van der Waals surface area (Å²) < 4.78 is 4.29. The van der Waals surface area contributed by atoms with Crippen molar-refractivity contribution in [1.29, 1.82) is 0 Å². The average Bonchev–Trinajstić information content (AvgIpc) is 3.18. The van der Waals surface area contributed by atoms with Crippen molar-refractivity contribution >= 4 is 28.7 Å². The Morgan fingerprint density at radius 1 is 1.26 bits per heavy atom. The first kappa shape index (κ1) is 24.4. The molecule has 1 aliphatic rings. The summed E-state index contributed by atoms with van der Waals surface area (Å²) in [6, 6.07) is 7.92. The molecule has 1 heterocycles. The molecule has 0 saturated heterocycles. The number of likely N-dealkylation sites (N-methyl/N-ethyl adjacent to an activating group) is 1. The van der Waals surface area contributed by atoms with Crippen molar-refractivity contribution in [2.45, 2.75) is 40.0 Å². The minimum Gasteiger partial charge on any atom is -0.468 e. The van der Waals surface area contributed by atoms with Gasteiger partial charge in [0.1, 0.15) is 6.29 Å². The van der Waals surface area contributed by atoms with Crippen LogP contribution in [-0.4, -0.2) is 45.0 Å². The second-order valence-corrected chi connectivity index (χ2v) is 8.50. The Morgan fingerprint density at radius 3 is 2.55 bits per heavy atom. The van der Waals surface area contributed by atoms with Crippen LogP contribution in [0.1, 0.15) is 56.1 Å². The molecule has 2 aromatic rings. The van der Waals surface area contributed by atoms with Gasteiger partial charge in [-0.15, -0.1) is 0 Å². The van der Waals surface area contributed by atoms with Crippen LogP contribution in [0, 0.1) is 5.41 Å². The summed E-state index contributed by atoms with van der Waals surface area (Å²) in [6.07, 6.45) is 6.44. The minimum atomic E-state index is -0.234. The van der Waals surface area contributed by atoms with E-state index >= 15 is 0 Å². The zero-order valence-electron chi connectivity index (χ0n) is 19.5. The quantitative estimate of drug-likeness (QED) is 0.471. The molecule has 0 spiro atoms. The van der Waals surface area contributed by atoms with Gasteiger partial charge in [-0.2, -0.15) is 0 Å². The van der Waals surface area contributed by atoms with Gasteiger partial charge in [-0.25, -0.2) is 0 Å². The van der Waals surface area contributed by atoms with E-state index in [0.29, 0.717) is 11.0 Å². The van der Waals surface area contributed by atoms with Crippen LogP contribution < -0.4 is 10.6 Å². The number of H-pyrrole nitrogens is 1. The van der Waals surface area contributed by atoms with E-state index in [1.807, 2.05) is 25.2 Å². The van der Waals surface area contributed by atoms with Crippen LogP contribution in [0.25, 0.3) is 16.5 Å². The van der Waals surface area contributed by atoms with Crippen molar-refractivity contribution in [2.75, 3.05) is 27.7 Å². The average molecular weight is 426 g/mol. The molecular formula is C25H35N3O3. The normalized spacial score (nSPS) is 15.9. The summed E-state index contributed by atoms with van der Waals surface area (Å²) in [5.74, 6) is -0.234. The van der Waals surface area contributed by atoms with Crippen molar-refractivity contribution in [2.24, 2.45) is 5.41 Å². The van der Waals surface area contributed by atoms with Gasteiger partial charge in [0, 0.05) is 34.9 Å². The summed E-state index contributed by atoms with van der Waals surface area (Å²) in [5.41, 5.74) is 7.26. The van der Waals surface area contributed by atoms with Crippen LogP contribution in [0.2, 0.25) is 0 Å². The van der Waals surface area contributed by atoms with Crippen LogP contribution in [-0.2, 0) is 9.53 Å². The number of fused-ring (bicyclic) bond motifs is 1. The van der Waals surface area contributed by atoms with E-state index in [4.69, 9.17) is 0 Å². The minimum absolute atomic E-state index is 0.234. The fourth-order valence-electron chi connectivity index (χ4n) is 3.90. The van der Waals surface area contributed by atoms with Gasteiger partial charge in [0.2, 0.25) is 0 Å². The highest BCUT2D eigenvalue weighted by atomic mass is 16.5. The predicted octanol–water partition coefficient (Wildman–Crippen LogP) is 4.45. The zero-order chi connectivity index (χ0) is 23.0. The van der Waals surface area contributed by atoms with Crippen LogP contribution in [0.15, 0.2) is 41.6 Å². The Kier molecular flexibility index (Phi) is 8.63. The largest absolute Gasteiger partial charge is 0.468 e. The lowest BCUT2D eigenvalue weighted by atomic mass is 9.74. The van der Waals surface area contributed by atoms with Crippen molar-refractivity contribution in [3.8, 4) is 0 Å². The third-order valence-electron chi connectivity index (χ3n) is 5.61. The molecule has 0 atom stereocenters. The lowest BCUT2D eigenvalue weighted by molar-refractivity contribution is -0.139. The van der Waals surface area contributed by atoms with E-state index in [1.165, 1.54) is 30.4 Å². The number of carbonyl (C=O) groups excluding carboxylic acids is 2. The number of esters is 1. The van der Waals surface area contributed by atoms with Crippen molar-refractivity contribution in [3.63, 3.8) is 0 Å². The van der Waals surface area contributed by atoms with E-state index in [1.54, 1.807) is 7.05 Å². The van der Waals surface area contributed by atoms with Crippen LogP contribution in [0.3, 0.4) is 0 Å². The fraction of sp³-hybridized carbons (Fsp3) is 0.440. The molecule has 31 heavy (non-hydrogen) atoms. The van der Waals surface area contributed by atoms with Gasteiger partial charge in [-0.05, 0) is 74.1 Å². The highest BCUT2D eigenvalue weighted by Crippen LogP contribution is 2.42. The number of allylic oxidation sites excluding steroid dienone is 4. The SMILES string of the molecule is C/C=C(/C1=C(NC)CC(C)(C)CC1)c1cc2cc(C=O)ccc2[nH]1.CNCC(=O)OC. The lowest BCUT2D eigenvalue weighted by Crippen LogP contribution is -2.24. The third-order valence-corrected chi connectivity index (χ3v) is 5.61. The monoisotopic (exact) mass is 425 g/mol. The number of aromatic amines is 1. The summed E-state index contributed by atoms with van der Waals surface area (Å²) in [5, 5.41) is 7.15. The first-order valence-electron chi connectivity index (χ1n) is 10.6. The van der Waals surface area contributed by atoms with Gasteiger partial charge < -0.3 is 20.4 Å². The molecule has 0 radical (unpaired) electrons. The van der Waals surface area contributed by atoms with Gasteiger partial charge in [0.25, 0.3) is 0 Å². The Labute approximate surface area is 185 Å². The summed E-state index contributed by atoms with van der Waals surface area (Å²) in [6.45, 7) is 7.05. The second kappa shape index (κ2) is 11.0. The highest BCUT2D eigenvalue weighted by molar-refractivity contribution is 5.92. The standard InChI is InChI=1S/C21H26N2O.C4H9NO2/c1-5-16(17-8-9-21(2,3)12-20(17)22-4)19-11-15-10-14(13-24)6-7-18(15)23-19;1-5-3-4(6)7-2/h5-7,10-11,13,22-23H,8-9,12H2,1-4H3;5H,3H2,1-2H3/b16-5-;. The molecule has 6 nitrogen and oxygen atoms in total. The molecule has 0 amide bonds. The van der Waals surface area contributed by atoms with E-state index in [2.05, 4.69) is 53.3 Å².